The minimum Gasteiger partial charge on any atom is -0.488 e. The van der Waals surface area contributed by atoms with E-state index in [-0.39, 0.29) is 17.3 Å². The highest BCUT2D eigenvalue weighted by atomic mass is 28.3. The van der Waals surface area contributed by atoms with Crippen LogP contribution in [0.25, 0.3) is 11.0 Å². The van der Waals surface area contributed by atoms with Crippen LogP contribution in [0.3, 0.4) is 0 Å². The van der Waals surface area contributed by atoms with E-state index in [1.807, 2.05) is 12.1 Å². The Morgan fingerprint density at radius 3 is 2.47 bits per heavy atom. The number of hydrogen-bond donors (Lipinski definition) is 1. The van der Waals surface area contributed by atoms with Gasteiger partial charge in [-0.3, -0.25) is 0 Å². The molecule has 2 heterocycles. The normalized spacial score (nSPS) is 15.8. The van der Waals surface area contributed by atoms with E-state index in [0.29, 0.717) is 36.9 Å². The number of aromatic nitrogens is 1. The maximum Gasteiger partial charge on any atom is 0.407 e. The van der Waals surface area contributed by atoms with Gasteiger partial charge in [0.2, 0.25) is 9.04 Å². The molecule has 0 bridgehead atoms. The monoisotopic (exact) mass is 541 g/mol. The Morgan fingerprint density at radius 2 is 1.87 bits per heavy atom. The molecule has 1 N–H and O–H groups in total. The summed E-state index contributed by atoms with van der Waals surface area (Å²) >= 11 is 0. The van der Waals surface area contributed by atoms with Crippen LogP contribution in [-0.2, 0) is 17.5 Å². The first kappa shape index (κ1) is 28.1. The lowest BCUT2D eigenvalue weighted by Crippen LogP contribution is -2.37. The average molecular weight is 542 g/mol. The maximum absolute atomic E-state index is 13.4. The Bertz CT molecular complexity index is 1230. The van der Waals surface area contributed by atoms with E-state index in [1.165, 1.54) is 17.0 Å². The first-order chi connectivity index (χ1) is 18.0. The molecule has 7 nitrogen and oxygen atoms in total. The van der Waals surface area contributed by atoms with Crippen LogP contribution >= 0.6 is 0 Å². The molecule has 1 aliphatic heterocycles. The molecule has 1 radical (unpaired) electrons. The largest absolute Gasteiger partial charge is 0.488 e. The van der Waals surface area contributed by atoms with Crippen molar-refractivity contribution in [3.05, 3.63) is 59.0 Å². The maximum atomic E-state index is 13.4. The number of rotatable bonds is 9. The van der Waals surface area contributed by atoms with E-state index < -0.39 is 15.1 Å². The molecule has 0 saturated carbocycles. The van der Waals surface area contributed by atoms with Crippen molar-refractivity contribution in [1.82, 2.24) is 10.1 Å². The van der Waals surface area contributed by atoms with Crippen molar-refractivity contribution in [3.63, 3.8) is 0 Å². The third-order valence-electron chi connectivity index (χ3n) is 7.10. The molecular weight excluding hydrogens is 503 g/mol. The van der Waals surface area contributed by atoms with Crippen molar-refractivity contribution in [2.24, 2.45) is 11.3 Å². The number of piperidine rings is 1. The zero-order valence-corrected chi connectivity index (χ0v) is 23.9. The van der Waals surface area contributed by atoms with Gasteiger partial charge in [0.25, 0.3) is 0 Å². The van der Waals surface area contributed by atoms with Crippen LogP contribution in [0.4, 0.5) is 9.18 Å². The van der Waals surface area contributed by atoms with Gasteiger partial charge in [-0.2, -0.15) is 0 Å². The van der Waals surface area contributed by atoms with E-state index >= 15 is 0 Å². The van der Waals surface area contributed by atoms with Gasteiger partial charge in [0.15, 0.2) is 5.58 Å². The molecule has 38 heavy (non-hydrogen) atoms. The Balaban J connectivity index is 1.62. The molecule has 1 saturated heterocycles. The van der Waals surface area contributed by atoms with Crippen LogP contribution in [0.2, 0.25) is 13.1 Å². The van der Waals surface area contributed by atoms with Gasteiger partial charge < -0.3 is 23.7 Å². The summed E-state index contributed by atoms with van der Waals surface area (Å²) in [6, 6.07) is 10.3. The van der Waals surface area contributed by atoms with E-state index in [1.54, 1.807) is 12.1 Å². The van der Waals surface area contributed by atoms with Gasteiger partial charge in [-0.15, -0.1) is 0 Å². The number of aryl methyl sites for hydroxylation is 1. The lowest BCUT2D eigenvalue weighted by atomic mass is 9.83. The van der Waals surface area contributed by atoms with Crippen LogP contribution < -0.4 is 4.74 Å². The molecular formula is C29H38FN2O5Si. The van der Waals surface area contributed by atoms with Gasteiger partial charge in [0.05, 0.1) is 17.4 Å². The van der Waals surface area contributed by atoms with Crippen molar-refractivity contribution in [2.75, 3.05) is 13.1 Å². The first-order valence-electron chi connectivity index (χ1n) is 13.3. The van der Waals surface area contributed by atoms with Crippen molar-refractivity contribution in [3.8, 4) is 5.75 Å². The summed E-state index contributed by atoms with van der Waals surface area (Å²) in [7, 11) is -1.05. The SMILES string of the molecule is C[Si](C)OC(c1c(OCc2ccc(F)cc2)ccc2c(CCC3CCN(C(=O)O)CC3)noc12)C(C)(C)C. The molecule has 4 rings (SSSR count). The van der Waals surface area contributed by atoms with Gasteiger partial charge in [0.1, 0.15) is 18.2 Å². The van der Waals surface area contributed by atoms with Crippen LogP contribution in [0.5, 0.6) is 5.75 Å². The summed E-state index contributed by atoms with van der Waals surface area (Å²) in [5, 5.41) is 14.6. The van der Waals surface area contributed by atoms with E-state index in [9.17, 15) is 14.3 Å². The van der Waals surface area contributed by atoms with Crippen molar-refractivity contribution in [1.29, 1.82) is 0 Å². The number of nitrogens with zero attached hydrogens (tertiary/aromatic N) is 2. The second kappa shape index (κ2) is 11.9. The standard InChI is InChI=1S/C29H38FN2O5Si/c1-29(2,3)27(37-38(4)5)25-24(35-18-20-6-9-21(30)10-7-20)13-11-22-23(31-36-26(22)25)12-8-19-14-16-32(17-15-19)28(33)34/h6-7,9-11,13,19,27H,8,12,14-18H2,1-5H3,(H,33,34). The summed E-state index contributed by atoms with van der Waals surface area (Å²) in [6.07, 6.45) is 2.33. The highest BCUT2D eigenvalue weighted by Crippen LogP contribution is 2.45. The molecule has 9 heteroatoms. The summed E-state index contributed by atoms with van der Waals surface area (Å²) in [4.78, 5) is 12.7. The molecule has 2 aromatic carbocycles. The molecule has 205 valence electrons. The topological polar surface area (TPSA) is 85.0 Å². The molecule has 1 aliphatic rings. The smallest absolute Gasteiger partial charge is 0.407 e. The molecule has 1 aromatic heterocycles. The Hall–Kier alpha value is -2.91. The zero-order valence-electron chi connectivity index (χ0n) is 22.9. The number of carbonyl (C=O) groups is 1. The first-order valence-corrected chi connectivity index (χ1v) is 15.7. The summed E-state index contributed by atoms with van der Waals surface area (Å²) in [6.45, 7) is 12.1. The summed E-state index contributed by atoms with van der Waals surface area (Å²) < 4.78 is 32.2. The van der Waals surface area contributed by atoms with Gasteiger partial charge in [0, 0.05) is 18.5 Å². The molecule has 1 atom stereocenters. The fraction of sp³-hybridized carbons (Fsp3) is 0.517. The fourth-order valence-electron chi connectivity index (χ4n) is 5.01. The van der Waals surface area contributed by atoms with E-state index in [0.717, 1.165) is 47.9 Å². The molecule has 0 spiro atoms. The van der Waals surface area contributed by atoms with E-state index in [4.69, 9.17) is 13.7 Å². The van der Waals surface area contributed by atoms with Crippen LogP contribution in [-0.4, -0.2) is 43.4 Å². The second-order valence-corrected chi connectivity index (χ2v) is 13.5. The highest BCUT2D eigenvalue weighted by Gasteiger charge is 2.34. The van der Waals surface area contributed by atoms with Crippen LogP contribution in [0, 0.1) is 17.2 Å². The predicted octanol–water partition coefficient (Wildman–Crippen LogP) is 7.22. The third kappa shape index (κ3) is 6.74. The number of carboxylic acid groups (broad SMARTS) is 1. The van der Waals surface area contributed by atoms with Gasteiger partial charge in [-0.05, 0) is 79.9 Å². The number of hydrogen-bond acceptors (Lipinski definition) is 5. The van der Waals surface area contributed by atoms with Gasteiger partial charge >= 0.3 is 6.09 Å². The van der Waals surface area contributed by atoms with Crippen molar-refractivity contribution in [2.45, 2.75) is 72.3 Å². The fourth-order valence-corrected chi connectivity index (χ4v) is 5.95. The number of ether oxygens (including phenoxy) is 1. The number of amides is 1. The molecule has 1 amide bonds. The number of halogens is 1. The van der Waals surface area contributed by atoms with Gasteiger partial charge in [-0.25, -0.2) is 9.18 Å². The Morgan fingerprint density at radius 1 is 1.18 bits per heavy atom. The van der Waals surface area contributed by atoms with Crippen molar-refractivity contribution >= 4 is 26.1 Å². The minimum atomic E-state index is -1.05. The number of fused-ring (bicyclic) bond motifs is 1. The molecule has 0 aliphatic carbocycles. The zero-order chi connectivity index (χ0) is 27.4. The quantitative estimate of drug-likeness (QED) is 0.288. The number of likely N-dealkylation sites (tertiary alicyclic amines) is 1. The van der Waals surface area contributed by atoms with Crippen molar-refractivity contribution < 1.29 is 28.0 Å². The minimum absolute atomic E-state index is 0.227. The predicted molar refractivity (Wildman–Crippen MR) is 146 cm³/mol. The van der Waals surface area contributed by atoms with Crippen LogP contribution in [0.1, 0.15) is 63.0 Å². The Kier molecular flexibility index (Phi) is 8.77. The number of benzene rings is 2. The average Bonchev–Trinajstić information content (AvgIpc) is 3.28. The lowest BCUT2D eigenvalue weighted by molar-refractivity contribution is 0.0831. The Labute approximate surface area is 225 Å². The van der Waals surface area contributed by atoms with Crippen LogP contribution in [0.15, 0.2) is 40.9 Å². The summed E-state index contributed by atoms with van der Waals surface area (Å²) in [5.74, 6) is 0.860. The van der Waals surface area contributed by atoms with E-state index in [2.05, 4.69) is 39.0 Å². The summed E-state index contributed by atoms with van der Waals surface area (Å²) in [5.41, 5.74) is 3.08. The molecule has 3 aromatic rings. The molecule has 1 fully saturated rings. The highest BCUT2D eigenvalue weighted by molar-refractivity contribution is 6.48. The third-order valence-corrected chi connectivity index (χ3v) is 7.81. The van der Waals surface area contributed by atoms with Gasteiger partial charge in [-0.1, -0.05) is 38.1 Å². The lowest BCUT2D eigenvalue weighted by Gasteiger charge is -2.33. The second-order valence-electron chi connectivity index (χ2n) is 11.4. The molecule has 1 unspecified atom stereocenters.